The molecule has 0 saturated heterocycles. The molecule has 0 spiro atoms. The van der Waals surface area contributed by atoms with Gasteiger partial charge in [-0.05, 0) is 24.1 Å². The van der Waals surface area contributed by atoms with Crippen molar-refractivity contribution >= 4 is 15.7 Å². The van der Waals surface area contributed by atoms with Gasteiger partial charge in [0, 0.05) is 25.2 Å². The molecular weight excluding hydrogens is 305 g/mol. The second-order valence-electron chi connectivity index (χ2n) is 4.71. The number of nitrogen functional groups attached to an aromatic ring is 1. The Morgan fingerprint density at radius 2 is 1.95 bits per heavy atom. The van der Waals surface area contributed by atoms with Gasteiger partial charge in [0.25, 0.3) is 0 Å². The van der Waals surface area contributed by atoms with Crippen molar-refractivity contribution in [3.05, 3.63) is 29.8 Å². The van der Waals surface area contributed by atoms with Gasteiger partial charge >= 0.3 is 6.18 Å². The molecule has 1 aromatic carbocycles. The molecule has 0 aliphatic carbocycles. The third-order valence-corrected chi connectivity index (χ3v) is 4.90. The Labute approximate surface area is 122 Å². The van der Waals surface area contributed by atoms with Gasteiger partial charge in [0.1, 0.15) is 0 Å². The fourth-order valence-electron chi connectivity index (χ4n) is 1.89. The summed E-state index contributed by atoms with van der Waals surface area (Å²) < 4.78 is 61.5. The van der Waals surface area contributed by atoms with E-state index in [4.69, 9.17) is 5.73 Å². The molecule has 1 rings (SSSR count). The van der Waals surface area contributed by atoms with E-state index in [1.165, 1.54) is 0 Å². The second kappa shape index (κ2) is 7.13. The third-order valence-electron chi connectivity index (χ3n) is 2.92. The summed E-state index contributed by atoms with van der Waals surface area (Å²) in [5.74, 6) is -0.511. The zero-order valence-corrected chi connectivity index (χ0v) is 12.5. The smallest absolute Gasteiger partial charge is 0.389 e. The number of nitrogens with two attached hydrogens (primary N) is 1. The minimum absolute atomic E-state index is 0.107. The number of benzene rings is 1. The number of alkyl halides is 3. The SMILES string of the molecule is CCN(Cc1cccc(N)c1)S(=O)(=O)CCCC(F)(F)F. The second-order valence-corrected chi connectivity index (χ2v) is 6.79. The molecule has 0 amide bonds. The van der Waals surface area contributed by atoms with Crippen molar-refractivity contribution in [1.82, 2.24) is 4.31 Å². The molecule has 8 heteroatoms. The normalized spacial score (nSPS) is 12.8. The van der Waals surface area contributed by atoms with Crippen LogP contribution in [0.15, 0.2) is 24.3 Å². The summed E-state index contributed by atoms with van der Waals surface area (Å²) in [6, 6.07) is 6.75. The molecule has 0 radical (unpaired) electrons. The maximum absolute atomic E-state index is 12.1. The van der Waals surface area contributed by atoms with Crippen LogP contribution in [0, 0.1) is 0 Å². The first-order valence-corrected chi connectivity index (χ1v) is 8.14. The number of hydrogen-bond acceptors (Lipinski definition) is 3. The summed E-state index contributed by atoms with van der Waals surface area (Å²) in [5, 5.41) is 0. The number of rotatable bonds is 7. The van der Waals surface area contributed by atoms with Gasteiger partial charge in [0.05, 0.1) is 5.75 Å². The maximum atomic E-state index is 12.1. The van der Waals surface area contributed by atoms with Gasteiger partial charge in [-0.1, -0.05) is 19.1 Å². The molecule has 1 aromatic rings. The fourth-order valence-corrected chi connectivity index (χ4v) is 3.39. The molecule has 120 valence electrons. The highest BCUT2D eigenvalue weighted by Crippen LogP contribution is 2.22. The topological polar surface area (TPSA) is 63.4 Å². The van der Waals surface area contributed by atoms with E-state index in [1.807, 2.05) is 0 Å². The molecule has 0 heterocycles. The van der Waals surface area contributed by atoms with Gasteiger partial charge in [-0.3, -0.25) is 0 Å². The Bertz CT molecular complexity index is 559. The van der Waals surface area contributed by atoms with Crippen LogP contribution in [0.4, 0.5) is 18.9 Å². The summed E-state index contributed by atoms with van der Waals surface area (Å²) in [6.07, 6.45) is -5.86. The molecule has 0 aromatic heterocycles. The van der Waals surface area contributed by atoms with E-state index >= 15 is 0 Å². The molecule has 0 saturated carbocycles. The van der Waals surface area contributed by atoms with Gasteiger partial charge in [-0.25, -0.2) is 8.42 Å². The van der Waals surface area contributed by atoms with Gasteiger partial charge in [0.2, 0.25) is 10.0 Å². The van der Waals surface area contributed by atoms with E-state index in [1.54, 1.807) is 31.2 Å². The van der Waals surface area contributed by atoms with E-state index in [2.05, 4.69) is 0 Å². The van der Waals surface area contributed by atoms with E-state index in [-0.39, 0.29) is 13.1 Å². The lowest BCUT2D eigenvalue weighted by atomic mass is 10.2. The van der Waals surface area contributed by atoms with Crippen molar-refractivity contribution in [2.75, 3.05) is 18.0 Å². The first-order valence-electron chi connectivity index (χ1n) is 6.53. The summed E-state index contributed by atoms with van der Waals surface area (Å²) in [7, 11) is -3.71. The minimum atomic E-state index is -4.33. The fraction of sp³-hybridized carbons (Fsp3) is 0.538. The van der Waals surface area contributed by atoms with E-state index in [9.17, 15) is 21.6 Å². The Morgan fingerprint density at radius 3 is 2.48 bits per heavy atom. The number of hydrogen-bond donors (Lipinski definition) is 1. The molecule has 0 aliphatic rings. The van der Waals surface area contributed by atoms with Crippen LogP contribution in [-0.2, 0) is 16.6 Å². The Hall–Kier alpha value is -1.28. The lowest BCUT2D eigenvalue weighted by Crippen LogP contribution is -2.32. The summed E-state index contributed by atoms with van der Waals surface area (Å²) >= 11 is 0. The van der Waals surface area contributed by atoms with Gasteiger partial charge in [-0.2, -0.15) is 17.5 Å². The van der Waals surface area contributed by atoms with E-state index in [0.717, 1.165) is 4.31 Å². The van der Waals surface area contributed by atoms with Crippen molar-refractivity contribution in [1.29, 1.82) is 0 Å². The maximum Gasteiger partial charge on any atom is 0.389 e. The average Bonchev–Trinajstić information content (AvgIpc) is 2.34. The third kappa shape index (κ3) is 6.34. The number of halogens is 3. The zero-order valence-electron chi connectivity index (χ0n) is 11.7. The highest BCUT2D eigenvalue weighted by atomic mass is 32.2. The number of anilines is 1. The van der Waals surface area contributed by atoms with Gasteiger partial charge in [0.15, 0.2) is 0 Å². The first-order chi connectivity index (χ1) is 9.64. The van der Waals surface area contributed by atoms with E-state index < -0.39 is 34.8 Å². The molecule has 2 N–H and O–H groups in total. The predicted octanol–water partition coefficient (Wildman–Crippen LogP) is 2.76. The standard InChI is InChI=1S/C13H19F3N2O2S/c1-2-18(10-11-5-3-6-12(17)9-11)21(19,20)8-4-7-13(14,15)16/h3,5-6,9H,2,4,7-8,10,17H2,1H3. The molecule has 0 atom stereocenters. The van der Waals surface area contributed by atoms with Crippen LogP contribution in [0.5, 0.6) is 0 Å². The Kier molecular flexibility index (Phi) is 6.03. The molecule has 21 heavy (non-hydrogen) atoms. The number of sulfonamides is 1. The van der Waals surface area contributed by atoms with Crippen LogP contribution in [0.2, 0.25) is 0 Å². The van der Waals surface area contributed by atoms with E-state index in [0.29, 0.717) is 11.3 Å². The van der Waals surface area contributed by atoms with Gasteiger partial charge in [-0.15, -0.1) is 0 Å². The molecule has 0 aliphatic heterocycles. The van der Waals surface area contributed by atoms with Crippen molar-refractivity contribution in [2.24, 2.45) is 0 Å². The molecular formula is C13H19F3N2O2S. The predicted molar refractivity (Wildman–Crippen MR) is 76.0 cm³/mol. The molecule has 0 unspecified atom stereocenters. The minimum Gasteiger partial charge on any atom is -0.399 e. The van der Waals surface area contributed by atoms with Crippen molar-refractivity contribution in [3.63, 3.8) is 0 Å². The average molecular weight is 324 g/mol. The summed E-state index contributed by atoms with van der Waals surface area (Å²) in [5.41, 5.74) is 6.84. The van der Waals surface area contributed by atoms with Crippen LogP contribution >= 0.6 is 0 Å². The lowest BCUT2D eigenvalue weighted by Gasteiger charge is -2.21. The molecule has 0 fully saturated rings. The summed E-state index contributed by atoms with van der Waals surface area (Å²) in [6.45, 7) is 1.95. The first kappa shape index (κ1) is 17.8. The van der Waals surface area contributed by atoms with Crippen molar-refractivity contribution in [2.45, 2.75) is 32.5 Å². The lowest BCUT2D eigenvalue weighted by molar-refractivity contribution is -0.134. The van der Waals surface area contributed by atoms with Crippen molar-refractivity contribution < 1.29 is 21.6 Å². The monoisotopic (exact) mass is 324 g/mol. The Morgan fingerprint density at radius 1 is 1.29 bits per heavy atom. The van der Waals surface area contributed by atoms with Crippen LogP contribution in [0.1, 0.15) is 25.3 Å². The van der Waals surface area contributed by atoms with Crippen LogP contribution in [0.25, 0.3) is 0 Å². The quantitative estimate of drug-likeness (QED) is 0.785. The summed E-state index contributed by atoms with van der Waals surface area (Å²) in [4.78, 5) is 0. The van der Waals surface area contributed by atoms with Gasteiger partial charge < -0.3 is 5.73 Å². The largest absolute Gasteiger partial charge is 0.399 e. The van der Waals surface area contributed by atoms with Crippen molar-refractivity contribution in [3.8, 4) is 0 Å². The van der Waals surface area contributed by atoms with Crippen LogP contribution in [-0.4, -0.2) is 31.2 Å². The molecule has 0 bridgehead atoms. The number of nitrogens with zero attached hydrogens (tertiary/aromatic N) is 1. The molecule has 4 nitrogen and oxygen atoms in total. The zero-order chi connectivity index (χ0) is 16.1. The highest BCUT2D eigenvalue weighted by Gasteiger charge is 2.28. The van der Waals surface area contributed by atoms with Crippen LogP contribution < -0.4 is 5.73 Å². The van der Waals surface area contributed by atoms with Crippen LogP contribution in [0.3, 0.4) is 0 Å². The highest BCUT2D eigenvalue weighted by molar-refractivity contribution is 7.89. The Balaban J connectivity index is 2.69.